The molecule has 1 aliphatic rings. The molecule has 0 bridgehead atoms. The fourth-order valence-corrected chi connectivity index (χ4v) is 3.25. The van der Waals surface area contributed by atoms with Gasteiger partial charge in [-0.3, -0.25) is 19.3 Å². The van der Waals surface area contributed by atoms with Crippen molar-refractivity contribution in [3.63, 3.8) is 0 Å². The van der Waals surface area contributed by atoms with Crippen molar-refractivity contribution in [1.29, 1.82) is 0 Å². The number of rotatable bonds is 7. The van der Waals surface area contributed by atoms with Crippen molar-refractivity contribution in [2.24, 2.45) is 0 Å². The predicted molar refractivity (Wildman–Crippen MR) is 108 cm³/mol. The van der Waals surface area contributed by atoms with Crippen LogP contribution in [0.4, 0.5) is 5.69 Å². The van der Waals surface area contributed by atoms with Crippen LogP contribution >= 0.6 is 0 Å². The molecule has 3 amide bonds. The van der Waals surface area contributed by atoms with Gasteiger partial charge >= 0.3 is 0 Å². The van der Waals surface area contributed by atoms with Gasteiger partial charge in [-0.1, -0.05) is 31.2 Å². The van der Waals surface area contributed by atoms with Crippen molar-refractivity contribution in [2.75, 3.05) is 11.9 Å². The second kappa shape index (κ2) is 8.24. The van der Waals surface area contributed by atoms with Crippen LogP contribution < -0.4 is 5.32 Å². The van der Waals surface area contributed by atoms with Crippen LogP contribution in [0, 0.1) is 0 Å². The maximum absolute atomic E-state index is 12.4. The number of anilines is 1. The first-order valence-corrected chi connectivity index (χ1v) is 9.66. The van der Waals surface area contributed by atoms with Crippen LogP contribution in [0.5, 0.6) is 0 Å². The number of benzene rings is 2. The molecule has 0 atom stereocenters. The quantitative estimate of drug-likeness (QED) is 0.601. The van der Waals surface area contributed by atoms with E-state index in [0.29, 0.717) is 22.6 Å². The molecule has 1 N–H and O–H groups in total. The lowest BCUT2D eigenvalue weighted by Crippen LogP contribution is -2.32. The number of nitrogens with one attached hydrogen (secondary N) is 1. The monoisotopic (exact) mass is 404 g/mol. The zero-order valence-electron chi connectivity index (χ0n) is 16.4. The molecule has 0 unspecified atom stereocenters. The first-order chi connectivity index (χ1) is 14.5. The molecule has 0 fully saturated rings. The van der Waals surface area contributed by atoms with E-state index in [4.69, 9.17) is 0 Å². The Balaban J connectivity index is 1.32. The molecule has 4 rings (SSSR count). The van der Waals surface area contributed by atoms with E-state index in [0.717, 1.165) is 6.42 Å². The van der Waals surface area contributed by atoms with Crippen LogP contribution in [-0.2, 0) is 24.2 Å². The van der Waals surface area contributed by atoms with E-state index in [1.54, 1.807) is 24.3 Å². The first-order valence-electron chi connectivity index (χ1n) is 9.66. The molecule has 3 aromatic rings. The van der Waals surface area contributed by atoms with Crippen molar-refractivity contribution in [3.8, 4) is 0 Å². The van der Waals surface area contributed by atoms with Crippen molar-refractivity contribution in [1.82, 2.24) is 25.1 Å². The molecular formula is C21H20N6O3. The smallest absolute Gasteiger partial charge is 0.261 e. The van der Waals surface area contributed by atoms with Gasteiger partial charge in [0.15, 0.2) is 5.82 Å². The van der Waals surface area contributed by atoms with Gasteiger partial charge in [-0.15, -0.1) is 10.2 Å². The van der Waals surface area contributed by atoms with Crippen LogP contribution in [0.1, 0.15) is 39.0 Å². The largest absolute Gasteiger partial charge is 0.324 e. The molecule has 0 saturated carbocycles. The molecule has 0 radical (unpaired) electrons. The predicted octanol–water partition coefficient (Wildman–Crippen LogP) is 1.71. The van der Waals surface area contributed by atoms with Crippen molar-refractivity contribution in [3.05, 3.63) is 71.0 Å². The Bertz CT molecular complexity index is 1070. The van der Waals surface area contributed by atoms with Gasteiger partial charge in [0.1, 0.15) is 6.54 Å². The second-order valence-electron chi connectivity index (χ2n) is 6.89. The molecule has 0 saturated heterocycles. The molecule has 9 heteroatoms. The summed E-state index contributed by atoms with van der Waals surface area (Å²) in [5, 5.41) is 14.7. The summed E-state index contributed by atoms with van der Waals surface area (Å²) < 4.78 is 0. The number of imide groups is 1. The van der Waals surface area contributed by atoms with Gasteiger partial charge < -0.3 is 5.32 Å². The Kier molecular flexibility index (Phi) is 5.34. The van der Waals surface area contributed by atoms with E-state index in [2.05, 4.69) is 27.7 Å². The number of amides is 3. The first kappa shape index (κ1) is 19.4. The second-order valence-corrected chi connectivity index (χ2v) is 6.89. The summed E-state index contributed by atoms with van der Waals surface area (Å²) in [6, 6.07) is 14.3. The highest BCUT2D eigenvalue weighted by atomic mass is 16.2. The van der Waals surface area contributed by atoms with E-state index >= 15 is 0 Å². The van der Waals surface area contributed by atoms with E-state index in [9.17, 15) is 14.4 Å². The maximum atomic E-state index is 12.4. The van der Waals surface area contributed by atoms with E-state index in [-0.39, 0.29) is 37.2 Å². The standard InChI is InChI=1S/C21H20N6O3/c1-2-14-7-9-15(10-8-14)22-19(28)13-27-24-18(23-25-27)11-12-26-20(29)16-5-3-4-6-17(16)21(26)30/h3-10H,2,11-13H2,1H3,(H,22,28). The molecule has 1 aromatic heterocycles. The Morgan fingerprint density at radius 2 is 1.67 bits per heavy atom. The zero-order valence-corrected chi connectivity index (χ0v) is 16.4. The molecule has 1 aliphatic heterocycles. The minimum Gasteiger partial charge on any atom is -0.324 e. The van der Waals surface area contributed by atoms with Crippen LogP contribution in [0.15, 0.2) is 48.5 Å². The minimum atomic E-state index is -0.323. The minimum absolute atomic E-state index is 0.0878. The summed E-state index contributed by atoms with van der Waals surface area (Å²) in [6.07, 6.45) is 1.19. The van der Waals surface area contributed by atoms with Gasteiger partial charge in [-0.05, 0) is 41.5 Å². The third-order valence-corrected chi connectivity index (χ3v) is 4.86. The zero-order chi connectivity index (χ0) is 21.1. The third-order valence-electron chi connectivity index (χ3n) is 4.86. The molecule has 0 spiro atoms. The molecule has 9 nitrogen and oxygen atoms in total. The Labute approximate surface area is 172 Å². The number of hydrogen-bond donors (Lipinski definition) is 1. The lowest BCUT2D eigenvalue weighted by molar-refractivity contribution is -0.117. The van der Waals surface area contributed by atoms with E-state index in [1.807, 2.05) is 24.3 Å². The maximum Gasteiger partial charge on any atom is 0.261 e. The summed E-state index contributed by atoms with van der Waals surface area (Å²) in [7, 11) is 0. The van der Waals surface area contributed by atoms with Crippen LogP contribution in [0.3, 0.4) is 0 Å². The molecule has 2 heterocycles. The number of tetrazole rings is 1. The lowest BCUT2D eigenvalue weighted by atomic mass is 10.1. The van der Waals surface area contributed by atoms with Crippen LogP contribution in [0.25, 0.3) is 0 Å². The van der Waals surface area contributed by atoms with Crippen molar-refractivity contribution < 1.29 is 14.4 Å². The fraction of sp³-hybridized carbons (Fsp3) is 0.238. The molecule has 2 aromatic carbocycles. The van der Waals surface area contributed by atoms with Crippen LogP contribution in [-0.4, -0.2) is 49.4 Å². The number of aromatic nitrogens is 4. The number of fused-ring (bicyclic) bond motifs is 1. The summed E-state index contributed by atoms with van der Waals surface area (Å²) >= 11 is 0. The third kappa shape index (κ3) is 3.95. The molecular weight excluding hydrogens is 384 g/mol. The lowest BCUT2D eigenvalue weighted by Gasteiger charge is -2.11. The average molecular weight is 404 g/mol. The molecule has 30 heavy (non-hydrogen) atoms. The van der Waals surface area contributed by atoms with Gasteiger partial charge in [-0.2, -0.15) is 4.80 Å². The summed E-state index contributed by atoms with van der Waals surface area (Å²) in [4.78, 5) is 39.3. The van der Waals surface area contributed by atoms with E-state index < -0.39 is 0 Å². The highest BCUT2D eigenvalue weighted by Crippen LogP contribution is 2.22. The molecule has 0 aliphatic carbocycles. The number of carbonyl (C=O) groups excluding carboxylic acids is 3. The van der Waals surface area contributed by atoms with Crippen molar-refractivity contribution in [2.45, 2.75) is 26.3 Å². The summed E-state index contributed by atoms with van der Waals surface area (Å²) in [5.41, 5.74) is 2.70. The Hall–Kier alpha value is -3.88. The molecule has 152 valence electrons. The highest BCUT2D eigenvalue weighted by Gasteiger charge is 2.34. The summed E-state index contributed by atoms with van der Waals surface area (Å²) in [6.45, 7) is 2.12. The number of carbonyl (C=O) groups is 3. The van der Waals surface area contributed by atoms with Crippen molar-refractivity contribution >= 4 is 23.4 Å². The fourth-order valence-electron chi connectivity index (χ4n) is 3.25. The summed E-state index contributed by atoms with van der Waals surface area (Å²) in [5.74, 6) is -0.567. The SMILES string of the molecule is CCc1ccc(NC(=O)Cn2nnc(CCN3C(=O)c4ccccc4C3=O)n2)cc1. The van der Waals surface area contributed by atoms with Gasteiger partial charge in [0, 0.05) is 18.7 Å². The number of aryl methyl sites for hydroxylation is 1. The van der Waals surface area contributed by atoms with Gasteiger partial charge in [0.25, 0.3) is 11.8 Å². The topological polar surface area (TPSA) is 110 Å². The van der Waals surface area contributed by atoms with Gasteiger partial charge in [-0.25, -0.2) is 0 Å². The van der Waals surface area contributed by atoms with Crippen LogP contribution in [0.2, 0.25) is 0 Å². The van der Waals surface area contributed by atoms with E-state index in [1.165, 1.54) is 15.3 Å². The van der Waals surface area contributed by atoms with Gasteiger partial charge in [0.2, 0.25) is 5.91 Å². The number of hydrogen-bond acceptors (Lipinski definition) is 6. The average Bonchev–Trinajstić information content (AvgIpc) is 3.30. The Morgan fingerprint density at radius 3 is 2.30 bits per heavy atom. The number of nitrogens with zero attached hydrogens (tertiary/aromatic N) is 5. The Morgan fingerprint density at radius 1 is 1.00 bits per heavy atom. The highest BCUT2D eigenvalue weighted by molar-refractivity contribution is 6.21. The normalized spacial score (nSPS) is 12.9. The van der Waals surface area contributed by atoms with Gasteiger partial charge in [0.05, 0.1) is 11.1 Å².